The van der Waals surface area contributed by atoms with Gasteiger partial charge >= 0.3 is 0 Å². The Morgan fingerprint density at radius 2 is 1.86 bits per heavy atom. The minimum atomic E-state index is -3.71. The van der Waals surface area contributed by atoms with Gasteiger partial charge in [0, 0.05) is 26.1 Å². The summed E-state index contributed by atoms with van der Waals surface area (Å²) in [6, 6.07) is 4.39. The number of carbonyl (C=O) groups excluding carboxylic acids is 1. The SMILES string of the molecule is COc1ccc(S(=O)(=O)NCCC[NH+]2CCOCC2)cc1C(=O)N1CCOCC1. The lowest BCUT2D eigenvalue weighted by atomic mass is 10.1. The lowest BCUT2D eigenvalue weighted by Gasteiger charge is -2.27. The Morgan fingerprint density at radius 1 is 1.17 bits per heavy atom. The highest BCUT2D eigenvalue weighted by Gasteiger charge is 2.24. The molecule has 10 heteroatoms. The summed E-state index contributed by atoms with van der Waals surface area (Å²) in [5.74, 6) is 0.106. The Labute approximate surface area is 171 Å². The fourth-order valence-electron chi connectivity index (χ4n) is 3.50. The molecule has 162 valence electrons. The van der Waals surface area contributed by atoms with E-state index in [0.717, 1.165) is 39.3 Å². The predicted octanol–water partition coefficient (Wildman–Crippen LogP) is -1.25. The molecule has 1 aromatic carbocycles. The summed E-state index contributed by atoms with van der Waals surface area (Å²) in [5.41, 5.74) is 0.245. The molecule has 0 saturated carbocycles. The molecule has 29 heavy (non-hydrogen) atoms. The molecule has 2 aliphatic rings. The molecule has 0 atom stereocenters. The van der Waals surface area contributed by atoms with E-state index >= 15 is 0 Å². The van der Waals surface area contributed by atoms with Gasteiger partial charge in [-0.05, 0) is 18.2 Å². The van der Waals surface area contributed by atoms with Crippen molar-refractivity contribution in [2.75, 3.05) is 72.8 Å². The second-order valence-corrected chi connectivity index (χ2v) is 8.90. The summed E-state index contributed by atoms with van der Waals surface area (Å²) in [7, 11) is -2.25. The van der Waals surface area contributed by atoms with Crippen LogP contribution in [0.1, 0.15) is 16.8 Å². The Bertz CT molecular complexity index is 789. The summed E-state index contributed by atoms with van der Waals surface area (Å²) in [5, 5.41) is 0. The van der Waals surface area contributed by atoms with Crippen LogP contribution in [0.4, 0.5) is 0 Å². The molecule has 0 spiro atoms. The van der Waals surface area contributed by atoms with Crippen molar-refractivity contribution >= 4 is 15.9 Å². The number of hydrogen-bond acceptors (Lipinski definition) is 6. The zero-order valence-corrected chi connectivity index (χ0v) is 17.6. The lowest BCUT2D eigenvalue weighted by molar-refractivity contribution is -0.908. The number of ether oxygens (including phenoxy) is 3. The molecular weight excluding hydrogens is 398 g/mol. The zero-order valence-electron chi connectivity index (χ0n) is 16.8. The second-order valence-electron chi connectivity index (χ2n) is 7.13. The van der Waals surface area contributed by atoms with E-state index in [4.69, 9.17) is 14.2 Å². The number of sulfonamides is 1. The number of rotatable bonds is 8. The largest absolute Gasteiger partial charge is 0.496 e. The molecule has 2 fully saturated rings. The van der Waals surface area contributed by atoms with Gasteiger partial charge in [-0.25, -0.2) is 13.1 Å². The maximum absolute atomic E-state index is 12.9. The average Bonchev–Trinajstić information content (AvgIpc) is 2.77. The first-order chi connectivity index (χ1) is 14.0. The van der Waals surface area contributed by atoms with Crippen LogP contribution in [0.15, 0.2) is 23.1 Å². The summed E-state index contributed by atoms with van der Waals surface area (Å²) >= 11 is 0. The van der Waals surface area contributed by atoms with E-state index in [1.54, 1.807) is 4.90 Å². The molecule has 2 saturated heterocycles. The van der Waals surface area contributed by atoms with Crippen molar-refractivity contribution in [1.29, 1.82) is 0 Å². The van der Waals surface area contributed by atoms with Gasteiger partial charge in [-0.1, -0.05) is 0 Å². The van der Waals surface area contributed by atoms with Crippen molar-refractivity contribution in [3.8, 4) is 5.75 Å². The second kappa shape index (κ2) is 10.4. The van der Waals surface area contributed by atoms with Crippen LogP contribution in [0, 0.1) is 0 Å². The topological polar surface area (TPSA) is 98.6 Å². The van der Waals surface area contributed by atoms with Gasteiger partial charge < -0.3 is 24.0 Å². The van der Waals surface area contributed by atoms with Crippen molar-refractivity contribution in [3.05, 3.63) is 23.8 Å². The number of methoxy groups -OCH3 is 1. The molecule has 0 bridgehead atoms. The van der Waals surface area contributed by atoms with Crippen LogP contribution >= 0.6 is 0 Å². The molecule has 0 radical (unpaired) electrons. The van der Waals surface area contributed by atoms with Crippen LogP contribution in [0.25, 0.3) is 0 Å². The van der Waals surface area contributed by atoms with Crippen LogP contribution in [-0.2, 0) is 19.5 Å². The Kier molecular flexibility index (Phi) is 7.84. The first-order valence-electron chi connectivity index (χ1n) is 9.97. The fourth-order valence-corrected chi connectivity index (χ4v) is 4.60. The smallest absolute Gasteiger partial charge is 0.257 e. The number of benzene rings is 1. The first-order valence-corrected chi connectivity index (χ1v) is 11.5. The minimum Gasteiger partial charge on any atom is -0.496 e. The third-order valence-corrected chi connectivity index (χ3v) is 6.67. The van der Waals surface area contributed by atoms with Crippen molar-refractivity contribution in [2.24, 2.45) is 0 Å². The number of amides is 1. The summed E-state index contributed by atoms with van der Waals surface area (Å²) in [6.07, 6.45) is 0.740. The Hall–Kier alpha value is -1.72. The summed E-state index contributed by atoms with van der Waals surface area (Å²) in [6.45, 7) is 6.57. The van der Waals surface area contributed by atoms with Crippen LogP contribution in [-0.4, -0.2) is 92.0 Å². The number of nitrogens with one attached hydrogen (secondary N) is 2. The molecule has 2 heterocycles. The molecule has 2 N–H and O–H groups in total. The molecule has 9 nitrogen and oxygen atoms in total. The van der Waals surface area contributed by atoms with Crippen molar-refractivity contribution in [3.63, 3.8) is 0 Å². The van der Waals surface area contributed by atoms with Crippen LogP contribution < -0.4 is 14.4 Å². The van der Waals surface area contributed by atoms with Gasteiger partial charge in [0.25, 0.3) is 5.91 Å². The molecule has 3 rings (SSSR count). The van der Waals surface area contributed by atoms with E-state index in [-0.39, 0.29) is 16.4 Å². The third kappa shape index (κ3) is 5.89. The summed E-state index contributed by atoms with van der Waals surface area (Å²) in [4.78, 5) is 16.0. The molecule has 1 amide bonds. The maximum Gasteiger partial charge on any atom is 0.257 e. The monoisotopic (exact) mass is 428 g/mol. The van der Waals surface area contributed by atoms with Crippen molar-refractivity contribution in [2.45, 2.75) is 11.3 Å². The normalized spacial score (nSPS) is 18.6. The third-order valence-electron chi connectivity index (χ3n) is 5.21. The van der Waals surface area contributed by atoms with Crippen LogP contribution in [0.5, 0.6) is 5.75 Å². The van der Waals surface area contributed by atoms with Crippen LogP contribution in [0.3, 0.4) is 0 Å². The minimum absolute atomic E-state index is 0.0635. The zero-order chi connectivity index (χ0) is 20.7. The van der Waals surface area contributed by atoms with Gasteiger partial charge in [-0.3, -0.25) is 4.79 Å². The quantitative estimate of drug-likeness (QED) is 0.502. The Balaban J connectivity index is 1.64. The number of carbonyl (C=O) groups is 1. The molecule has 0 aliphatic carbocycles. The van der Waals surface area contributed by atoms with Crippen molar-refractivity contribution in [1.82, 2.24) is 9.62 Å². The summed E-state index contributed by atoms with van der Waals surface area (Å²) < 4.78 is 44.0. The highest BCUT2D eigenvalue weighted by atomic mass is 32.2. The van der Waals surface area contributed by atoms with Gasteiger partial charge in [0.15, 0.2) is 0 Å². The molecular formula is C19H30N3O6S+. The van der Waals surface area contributed by atoms with E-state index in [1.807, 2.05) is 0 Å². The van der Waals surface area contributed by atoms with E-state index < -0.39 is 10.0 Å². The van der Waals surface area contributed by atoms with Crippen LogP contribution in [0.2, 0.25) is 0 Å². The van der Waals surface area contributed by atoms with Gasteiger partial charge in [0.05, 0.1) is 50.5 Å². The molecule has 1 aromatic rings. The number of hydrogen-bond donors (Lipinski definition) is 2. The van der Waals surface area contributed by atoms with Gasteiger partial charge in [0.2, 0.25) is 10.0 Å². The van der Waals surface area contributed by atoms with Crippen molar-refractivity contribution < 1.29 is 32.3 Å². The average molecular weight is 429 g/mol. The molecule has 0 aromatic heterocycles. The maximum atomic E-state index is 12.9. The predicted molar refractivity (Wildman–Crippen MR) is 106 cm³/mol. The molecule has 0 unspecified atom stereocenters. The van der Waals surface area contributed by atoms with E-state index in [0.29, 0.717) is 38.6 Å². The Morgan fingerprint density at radius 3 is 2.55 bits per heavy atom. The standard InChI is InChI=1S/C19H29N3O6S/c1-26-18-4-3-16(15-17(18)19(23)22-9-13-28-14-10-22)29(24,25)20-5-2-6-21-7-11-27-12-8-21/h3-4,15,20H,2,5-14H2,1H3/p+1. The van der Waals surface area contributed by atoms with E-state index in [9.17, 15) is 13.2 Å². The lowest BCUT2D eigenvalue weighted by Crippen LogP contribution is -3.14. The fraction of sp³-hybridized carbons (Fsp3) is 0.632. The highest BCUT2D eigenvalue weighted by Crippen LogP contribution is 2.24. The van der Waals surface area contributed by atoms with Gasteiger partial charge in [0.1, 0.15) is 18.8 Å². The highest BCUT2D eigenvalue weighted by molar-refractivity contribution is 7.89. The van der Waals surface area contributed by atoms with E-state index in [2.05, 4.69) is 4.72 Å². The first kappa shape index (κ1) is 22.0. The molecule has 2 aliphatic heterocycles. The van der Waals surface area contributed by atoms with Gasteiger partial charge in [-0.2, -0.15) is 0 Å². The number of nitrogens with zero attached hydrogens (tertiary/aromatic N) is 1. The van der Waals surface area contributed by atoms with Gasteiger partial charge in [-0.15, -0.1) is 0 Å². The number of morpholine rings is 2. The van der Waals surface area contributed by atoms with E-state index in [1.165, 1.54) is 30.2 Å². The number of quaternary nitrogens is 1.